The van der Waals surface area contributed by atoms with Crippen molar-refractivity contribution in [1.29, 1.82) is 0 Å². The lowest BCUT2D eigenvalue weighted by atomic mass is 10.3. The minimum absolute atomic E-state index is 0.0165. The molecule has 0 fully saturated rings. The molecule has 0 radical (unpaired) electrons. The highest BCUT2D eigenvalue weighted by Crippen LogP contribution is 2.14. The van der Waals surface area contributed by atoms with Crippen molar-refractivity contribution in [2.75, 3.05) is 5.32 Å². The van der Waals surface area contributed by atoms with Gasteiger partial charge in [0.1, 0.15) is 11.0 Å². The molecule has 1 aromatic heterocycles. The fourth-order valence-electron chi connectivity index (χ4n) is 0.814. The molecular formula is C7H6ClN3O3. The lowest BCUT2D eigenvalue weighted by Gasteiger charge is -2.03. The Morgan fingerprint density at radius 1 is 1.64 bits per heavy atom. The number of anilines is 1. The van der Waals surface area contributed by atoms with Crippen LogP contribution in [0, 0.1) is 0 Å². The van der Waals surface area contributed by atoms with Gasteiger partial charge in [0.2, 0.25) is 0 Å². The number of hydrogen-bond donors (Lipinski definition) is 3. The van der Waals surface area contributed by atoms with Gasteiger partial charge in [-0.3, -0.25) is 5.32 Å². The van der Waals surface area contributed by atoms with Gasteiger partial charge in [-0.25, -0.2) is 9.78 Å². The molecule has 0 aromatic carbocycles. The molecule has 1 aromatic rings. The zero-order valence-corrected chi connectivity index (χ0v) is 7.56. The summed E-state index contributed by atoms with van der Waals surface area (Å²) in [5.74, 6) is 0.0165. The third-order valence-electron chi connectivity index (χ3n) is 1.31. The average molecular weight is 216 g/mol. The van der Waals surface area contributed by atoms with Crippen LogP contribution in [0.15, 0.2) is 17.3 Å². The number of hydrogen-bond acceptors (Lipinski definition) is 4. The van der Waals surface area contributed by atoms with Gasteiger partial charge in [0, 0.05) is 5.56 Å². The SMILES string of the molecule is O=C(O)Nc1nc(Cl)ccc1/C=N\O. The van der Waals surface area contributed by atoms with Crippen molar-refractivity contribution in [2.24, 2.45) is 5.16 Å². The Labute approximate surface area is 83.8 Å². The molecule has 0 unspecified atom stereocenters. The molecule has 7 heteroatoms. The summed E-state index contributed by atoms with van der Waals surface area (Å²) in [6.07, 6.45) is -0.221. The van der Waals surface area contributed by atoms with E-state index in [2.05, 4.69) is 10.1 Å². The van der Waals surface area contributed by atoms with Crippen LogP contribution >= 0.6 is 11.6 Å². The molecule has 0 bridgehead atoms. The van der Waals surface area contributed by atoms with E-state index in [9.17, 15) is 4.79 Å². The van der Waals surface area contributed by atoms with Crippen molar-refractivity contribution in [3.8, 4) is 0 Å². The maximum absolute atomic E-state index is 10.3. The maximum atomic E-state index is 10.3. The van der Waals surface area contributed by atoms with E-state index in [4.69, 9.17) is 21.9 Å². The van der Waals surface area contributed by atoms with Crippen molar-refractivity contribution in [2.45, 2.75) is 0 Å². The number of nitrogens with zero attached hydrogens (tertiary/aromatic N) is 2. The van der Waals surface area contributed by atoms with Crippen LogP contribution in [-0.2, 0) is 0 Å². The first-order valence-electron chi connectivity index (χ1n) is 3.47. The monoisotopic (exact) mass is 215 g/mol. The summed E-state index contributed by atoms with van der Waals surface area (Å²) in [6, 6.07) is 2.92. The van der Waals surface area contributed by atoms with Crippen molar-refractivity contribution >= 4 is 29.7 Å². The van der Waals surface area contributed by atoms with E-state index in [-0.39, 0.29) is 11.0 Å². The van der Waals surface area contributed by atoms with Crippen molar-refractivity contribution in [1.82, 2.24) is 4.98 Å². The molecule has 0 aliphatic heterocycles. The van der Waals surface area contributed by atoms with Gasteiger partial charge >= 0.3 is 6.09 Å². The first-order chi connectivity index (χ1) is 6.63. The summed E-state index contributed by atoms with van der Waals surface area (Å²) in [5, 5.41) is 21.7. The van der Waals surface area contributed by atoms with Crippen molar-refractivity contribution in [3.63, 3.8) is 0 Å². The topological polar surface area (TPSA) is 94.8 Å². The lowest BCUT2D eigenvalue weighted by molar-refractivity contribution is 0.209. The zero-order valence-electron chi connectivity index (χ0n) is 6.81. The number of carbonyl (C=O) groups is 1. The van der Waals surface area contributed by atoms with Crippen LogP contribution in [0.25, 0.3) is 0 Å². The van der Waals surface area contributed by atoms with Crippen molar-refractivity contribution in [3.05, 3.63) is 22.8 Å². The molecule has 6 nitrogen and oxygen atoms in total. The number of aromatic nitrogens is 1. The number of halogens is 1. The fourth-order valence-corrected chi connectivity index (χ4v) is 0.961. The molecule has 1 heterocycles. The summed E-state index contributed by atoms with van der Waals surface area (Å²) in [7, 11) is 0. The molecule has 3 N–H and O–H groups in total. The van der Waals surface area contributed by atoms with E-state index in [0.717, 1.165) is 6.21 Å². The van der Waals surface area contributed by atoms with Crippen LogP contribution in [0.5, 0.6) is 0 Å². The van der Waals surface area contributed by atoms with E-state index in [1.807, 2.05) is 5.32 Å². The highest BCUT2D eigenvalue weighted by molar-refractivity contribution is 6.29. The van der Waals surface area contributed by atoms with Gasteiger partial charge in [-0.15, -0.1) is 0 Å². The summed E-state index contributed by atoms with van der Waals surface area (Å²) in [5.41, 5.74) is 0.319. The maximum Gasteiger partial charge on any atom is 0.410 e. The van der Waals surface area contributed by atoms with Gasteiger partial charge < -0.3 is 10.3 Å². The standard InChI is InChI=1S/C7H6ClN3O3/c8-5-2-1-4(3-9-14)6(10-5)11-7(12)13/h1-3,14H,(H,10,11)(H,12,13)/b9-3-. The molecule has 0 spiro atoms. The first-order valence-corrected chi connectivity index (χ1v) is 3.85. The minimum Gasteiger partial charge on any atom is -0.465 e. The molecule has 0 atom stereocenters. The highest BCUT2D eigenvalue weighted by atomic mass is 35.5. The quantitative estimate of drug-likeness (QED) is 0.302. The van der Waals surface area contributed by atoms with Crippen LogP contribution < -0.4 is 5.32 Å². The number of amides is 1. The third-order valence-corrected chi connectivity index (χ3v) is 1.53. The number of pyridine rings is 1. The molecule has 1 amide bonds. The smallest absolute Gasteiger partial charge is 0.410 e. The number of carboxylic acid groups (broad SMARTS) is 1. The average Bonchev–Trinajstić information content (AvgIpc) is 2.09. The van der Waals surface area contributed by atoms with E-state index >= 15 is 0 Å². The minimum atomic E-state index is -1.27. The van der Waals surface area contributed by atoms with Gasteiger partial charge in [0.25, 0.3) is 0 Å². The predicted octanol–water partition coefficient (Wildman–Crippen LogP) is 1.63. The second kappa shape index (κ2) is 4.43. The first kappa shape index (κ1) is 10.3. The van der Waals surface area contributed by atoms with Crippen LogP contribution in [-0.4, -0.2) is 27.6 Å². The van der Waals surface area contributed by atoms with E-state index in [0.29, 0.717) is 5.56 Å². The largest absolute Gasteiger partial charge is 0.465 e. The van der Waals surface area contributed by atoms with Crippen LogP contribution in [0.3, 0.4) is 0 Å². The van der Waals surface area contributed by atoms with E-state index < -0.39 is 6.09 Å². The van der Waals surface area contributed by atoms with Crippen LogP contribution in [0.2, 0.25) is 5.15 Å². The van der Waals surface area contributed by atoms with Crippen LogP contribution in [0.4, 0.5) is 10.6 Å². The second-order valence-corrected chi connectivity index (χ2v) is 2.63. The van der Waals surface area contributed by atoms with Gasteiger partial charge in [-0.05, 0) is 12.1 Å². The van der Waals surface area contributed by atoms with Crippen LogP contribution in [0.1, 0.15) is 5.56 Å². The third kappa shape index (κ3) is 2.60. The van der Waals surface area contributed by atoms with Gasteiger partial charge in [0.15, 0.2) is 0 Å². The molecule has 74 valence electrons. The Kier molecular flexibility index (Phi) is 3.24. The number of nitrogens with one attached hydrogen (secondary N) is 1. The Hall–Kier alpha value is -1.82. The zero-order chi connectivity index (χ0) is 10.6. The molecule has 0 aliphatic carbocycles. The Balaban J connectivity index is 3.08. The molecule has 14 heavy (non-hydrogen) atoms. The Bertz CT molecular complexity index is 380. The summed E-state index contributed by atoms with van der Waals surface area (Å²) >= 11 is 5.55. The molecular weight excluding hydrogens is 210 g/mol. The van der Waals surface area contributed by atoms with Gasteiger partial charge in [-0.1, -0.05) is 16.8 Å². The van der Waals surface area contributed by atoms with E-state index in [1.54, 1.807) is 0 Å². The summed E-state index contributed by atoms with van der Waals surface area (Å²) in [4.78, 5) is 14.0. The lowest BCUT2D eigenvalue weighted by Crippen LogP contribution is -2.11. The number of rotatable bonds is 2. The molecule has 0 saturated heterocycles. The fraction of sp³-hybridized carbons (Fsp3) is 0. The summed E-state index contributed by atoms with van der Waals surface area (Å²) in [6.45, 7) is 0. The predicted molar refractivity (Wildman–Crippen MR) is 50.3 cm³/mol. The Morgan fingerprint density at radius 2 is 2.36 bits per heavy atom. The highest BCUT2D eigenvalue weighted by Gasteiger charge is 2.06. The van der Waals surface area contributed by atoms with E-state index in [1.165, 1.54) is 12.1 Å². The molecule has 0 aliphatic rings. The summed E-state index contributed by atoms with van der Waals surface area (Å²) < 4.78 is 0. The van der Waals surface area contributed by atoms with Gasteiger partial charge in [-0.2, -0.15) is 0 Å². The number of oxime groups is 1. The molecule has 0 saturated carbocycles. The van der Waals surface area contributed by atoms with Gasteiger partial charge in [0.05, 0.1) is 6.21 Å². The molecule has 1 rings (SSSR count). The van der Waals surface area contributed by atoms with Crippen molar-refractivity contribution < 1.29 is 15.1 Å². The normalized spacial score (nSPS) is 10.4. The second-order valence-electron chi connectivity index (χ2n) is 2.25. The Morgan fingerprint density at radius 3 is 2.93 bits per heavy atom.